The fourth-order valence-corrected chi connectivity index (χ4v) is 5.22. The van der Waals surface area contributed by atoms with Crippen molar-refractivity contribution >= 4 is 36.1 Å². The van der Waals surface area contributed by atoms with Crippen LogP contribution >= 0.6 is 12.6 Å². The first-order valence-electron chi connectivity index (χ1n) is 13.1. The molecule has 2 aromatic rings. The fourth-order valence-electron chi connectivity index (χ4n) is 4.90. The second kappa shape index (κ2) is 11.7. The van der Waals surface area contributed by atoms with Gasteiger partial charge in [0.1, 0.15) is 11.4 Å². The number of imide groups is 1. The average Bonchev–Trinajstić information content (AvgIpc) is 3.06. The van der Waals surface area contributed by atoms with Gasteiger partial charge < -0.3 is 20.0 Å². The Hall–Kier alpha value is -2.83. The van der Waals surface area contributed by atoms with E-state index in [1.54, 1.807) is 26.1 Å². The number of rotatable bonds is 9. The molecule has 2 aliphatic rings. The van der Waals surface area contributed by atoms with Gasteiger partial charge in [-0.1, -0.05) is 6.92 Å². The molecule has 2 aliphatic heterocycles. The molecule has 8 nitrogen and oxygen atoms in total. The molecule has 2 fully saturated rings. The molecule has 1 N–H and O–H groups in total. The molecule has 0 saturated carbocycles. The molecule has 3 heterocycles. The number of nitrogens with zero attached hydrogens (tertiary/aromatic N) is 5. The summed E-state index contributed by atoms with van der Waals surface area (Å²) in [6.07, 6.45) is -1.94. The first kappa shape index (κ1) is 29.2. The summed E-state index contributed by atoms with van der Waals surface area (Å²) in [4.78, 5) is 38.2. The molecule has 12 heteroatoms. The molecule has 0 bridgehead atoms. The van der Waals surface area contributed by atoms with Gasteiger partial charge in [0.05, 0.1) is 11.3 Å². The minimum atomic E-state index is -4.56. The molecule has 3 amide bonds. The number of alkyl halides is 3. The maximum Gasteiger partial charge on any atom is 0.416 e. The molecular formula is C27H35F3N6O2S. The summed E-state index contributed by atoms with van der Waals surface area (Å²) in [5.41, 5.74) is -1.32. The molecule has 1 aromatic carbocycles. The molecule has 4 rings (SSSR count). The zero-order valence-corrected chi connectivity index (χ0v) is 23.4. The summed E-state index contributed by atoms with van der Waals surface area (Å²) >= 11 is 4.15. The number of carbonyl (C=O) groups excluding carboxylic acids is 2. The van der Waals surface area contributed by atoms with Crippen LogP contribution in [0.3, 0.4) is 0 Å². The molecule has 0 atom stereocenters. The Balaban J connectivity index is 1.39. The molecule has 0 aliphatic carbocycles. The van der Waals surface area contributed by atoms with Gasteiger partial charge >= 0.3 is 12.2 Å². The van der Waals surface area contributed by atoms with Gasteiger partial charge in [-0.3, -0.25) is 4.79 Å². The largest absolute Gasteiger partial charge is 0.416 e. The highest BCUT2D eigenvalue weighted by Crippen LogP contribution is 2.39. The Morgan fingerprint density at radius 2 is 1.74 bits per heavy atom. The van der Waals surface area contributed by atoms with Gasteiger partial charge in [-0.2, -0.15) is 13.2 Å². The molecule has 2 saturated heterocycles. The van der Waals surface area contributed by atoms with Crippen LogP contribution in [-0.2, 0) is 17.5 Å². The first-order valence-corrected chi connectivity index (χ1v) is 13.6. The highest BCUT2D eigenvalue weighted by molar-refractivity contribution is 7.80. The molecule has 212 valence electrons. The molecule has 0 spiro atoms. The lowest BCUT2D eigenvalue weighted by atomic mass is 10.0. The van der Waals surface area contributed by atoms with Crippen LogP contribution in [0.5, 0.6) is 0 Å². The fraction of sp³-hybridized carbons (Fsp3) is 0.519. The summed E-state index contributed by atoms with van der Waals surface area (Å²) < 4.78 is 39.3. The van der Waals surface area contributed by atoms with E-state index >= 15 is 0 Å². The van der Waals surface area contributed by atoms with Crippen LogP contribution in [-0.4, -0.2) is 83.0 Å². The van der Waals surface area contributed by atoms with E-state index in [0.29, 0.717) is 5.82 Å². The van der Waals surface area contributed by atoms with Crippen molar-refractivity contribution in [3.05, 3.63) is 47.7 Å². The van der Waals surface area contributed by atoms with Crippen LogP contribution in [0.15, 0.2) is 41.4 Å². The lowest BCUT2D eigenvalue weighted by Gasteiger charge is -2.34. The highest BCUT2D eigenvalue weighted by atomic mass is 32.1. The third kappa shape index (κ3) is 6.50. The zero-order chi connectivity index (χ0) is 28.4. The standard InChI is InChI=1S/C27H35F3N6O2S/c1-4-33-12-14-34(15-13-33)11-5-9-31-23-16-19(8-10-32-23)18-35-25(38)36(24(37)26(35,2)3)21-7-6-20(17-22(21)39)27(28,29)30/h6-8,10,16-17,39H,4-5,9,11-15,18H2,1-3H3,(H,31,32). The van der Waals surface area contributed by atoms with Crippen LogP contribution in [0.25, 0.3) is 0 Å². The van der Waals surface area contributed by atoms with Gasteiger partial charge in [0.15, 0.2) is 0 Å². The van der Waals surface area contributed by atoms with Crippen molar-refractivity contribution in [2.75, 3.05) is 56.0 Å². The Morgan fingerprint density at radius 3 is 2.38 bits per heavy atom. The molecule has 39 heavy (non-hydrogen) atoms. The van der Waals surface area contributed by atoms with E-state index in [9.17, 15) is 22.8 Å². The maximum atomic E-state index is 13.4. The molecule has 0 unspecified atom stereocenters. The van der Waals surface area contributed by atoms with Crippen LogP contribution in [0.1, 0.15) is 38.3 Å². The summed E-state index contributed by atoms with van der Waals surface area (Å²) in [7, 11) is 0. The Kier molecular flexibility index (Phi) is 8.77. The number of piperazine rings is 1. The number of benzene rings is 1. The molecular weight excluding hydrogens is 529 g/mol. The minimum Gasteiger partial charge on any atom is -0.370 e. The number of nitrogens with one attached hydrogen (secondary N) is 1. The van der Waals surface area contributed by atoms with Crippen molar-refractivity contribution in [3.8, 4) is 0 Å². The summed E-state index contributed by atoms with van der Waals surface area (Å²) in [6, 6.07) is 5.78. The van der Waals surface area contributed by atoms with E-state index in [4.69, 9.17) is 0 Å². The number of carbonyl (C=O) groups is 2. The van der Waals surface area contributed by atoms with Crippen LogP contribution < -0.4 is 10.2 Å². The Labute approximate surface area is 232 Å². The second-order valence-corrected chi connectivity index (χ2v) is 10.9. The predicted octanol–water partition coefficient (Wildman–Crippen LogP) is 4.58. The van der Waals surface area contributed by atoms with E-state index in [2.05, 4.69) is 39.7 Å². The van der Waals surface area contributed by atoms with Crippen molar-refractivity contribution in [3.63, 3.8) is 0 Å². The normalized spacial score (nSPS) is 18.7. The van der Waals surface area contributed by atoms with E-state index < -0.39 is 29.2 Å². The van der Waals surface area contributed by atoms with Crippen molar-refractivity contribution in [1.29, 1.82) is 0 Å². The highest BCUT2D eigenvalue weighted by Gasteiger charge is 2.52. The van der Waals surface area contributed by atoms with Crippen molar-refractivity contribution in [2.45, 2.75) is 50.3 Å². The average molecular weight is 565 g/mol. The number of hydrogen-bond acceptors (Lipinski definition) is 7. The van der Waals surface area contributed by atoms with Gasteiger partial charge in [0.25, 0.3) is 5.91 Å². The quantitative estimate of drug-likeness (QED) is 0.264. The van der Waals surface area contributed by atoms with E-state index in [0.717, 1.165) is 80.9 Å². The van der Waals surface area contributed by atoms with Crippen molar-refractivity contribution in [2.24, 2.45) is 0 Å². The van der Waals surface area contributed by atoms with E-state index in [1.807, 2.05) is 6.07 Å². The van der Waals surface area contributed by atoms with Gasteiger partial charge in [-0.05, 0) is 69.3 Å². The zero-order valence-electron chi connectivity index (χ0n) is 22.5. The molecule has 1 aromatic heterocycles. The third-order valence-corrected chi connectivity index (χ3v) is 7.76. The van der Waals surface area contributed by atoms with Crippen molar-refractivity contribution in [1.82, 2.24) is 19.7 Å². The Bertz CT molecular complexity index is 1200. The monoisotopic (exact) mass is 564 g/mol. The molecule has 0 radical (unpaired) electrons. The number of hydrogen-bond donors (Lipinski definition) is 2. The third-order valence-electron chi connectivity index (χ3n) is 7.40. The van der Waals surface area contributed by atoms with Crippen LogP contribution in [0.2, 0.25) is 0 Å². The lowest BCUT2D eigenvalue weighted by Crippen LogP contribution is -2.46. The lowest BCUT2D eigenvalue weighted by molar-refractivity contribution is -0.137. The van der Waals surface area contributed by atoms with Gasteiger partial charge in [-0.15, -0.1) is 12.6 Å². The minimum absolute atomic E-state index is 0.0186. The van der Waals surface area contributed by atoms with Crippen molar-refractivity contribution < 1.29 is 22.8 Å². The number of aromatic nitrogens is 1. The van der Waals surface area contributed by atoms with Crippen LogP contribution in [0, 0.1) is 0 Å². The summed E-state index contributed by atoms with van der Waals surface area (Å²) in [6.45, 7) is 12.8. The number of amides is 3. The van der Waals surface area contributed by atoms with Gasteiger partial charge in [-0.25, -0.2) is 14.7 Å². The summed E-state index contributed by atoms with van der Waals surface area (Å²) in [5, 5.41) is 3.34. The number of pyridine rings is 1. The number of likely N-dealkylation sites (N-methyl/N-ethyl adjacent to an activating group) is 1. The van der Waals surface area contributed by atoms with Crippen LogP contribution in [0.4, 0.5) is 29.5 Å². The van der Waals surface area contributed by atoms with E-state index in [-0.39, 0.29) is 17.1 Å². The summed E-state index contributed by atoms with van der Waals surface area (Å²) in [5.74, 6) is 0.144. The number of urea groups is 1. The maximum absolute atomic E-state index is 13.4. The smallest absolute Gasteiger partial charge is 0.370 e. The Morgan fingerprint density at radius 1 is 1.05 bits per heavy atom. The van der Waals surface area contributed by atoms with E-state index in [1.165, 1.54) is 4.90 Å². The topological polar surface area (TPSA) is 72.0 Å². The van der Waals surface area contributed by atoms with Gasteiger partial charge in [0.2, 0.25) is 0 Å². The number of anilines is 2. The number of thiol groups is 1. The second-order valence-electron chi connectivity index (χ2n) is 10.4. The number of halogens is 3. The SMILES string of the molecule is CCN1CCN(CCCNc2cc(CN3C(=O)N(c4ccc(C(F)(F)F)cc4S)C(=O)C3(C)C)ccn2)CC1. The van der Waals surface area contributed by atoms with Gasteiger partial charge in [0, 0.05) is 50.4 Å². The first-order chi connectivity index (χ1) is 18.4. The predicted molar refractivity (Wildman–Crippen MR) is 147 cm³/mol.